The number of carbonyl (C=O) groups excluding carboxylic acids is 1. The molecule has 0 atom stereocenters. The molecule has 0 bridgehead atoms. The van der Waals surface area contributed by atoms with Crippen molar-refractivity contribution in [2.75, 3.05) is 23.7 Å². The van der Waals surface area contributed by atoms with Crippen LogP contribution in [0.1, 0.15) is 11.3 Å². The molecule has 0 unspecified atom stereocenters. The lowest BCUT2D eigenvalue weighted by Gasteiger charge is -2.11. The van der Waals surface area contributed by atoms with Crippen molar-refractivity contribution in [3.63, 3.8) is 0 Å². The van der Waals surface area contributed by atoms with Crippen molar-refractivity contribution in [3.8, 4) is 0 Å². The number of rotatable bonds is 6. The fourth-order valence-electron chi connectivity index (χ4n) is 1.97. The second-order valence-corrected chi connectivity index (χ2v) is 5.12. The number of nitro benzene ring substituents is 1. The smallest absolute Gasteiger partial charge is 0.378 e. The molecule has 9 nitrogen and oxygen atoms in total. The van der Waals surface area contributed by atoms with E-state index in [-0.39, 0.29) is 24.6 Å². The van der Waals surface area contributed by atoms with Crippen molar-refractivity contribution in [2.24, 2.45) is 0 Å². The molecule has 2 rings (SSSR count). The average Bonchev–Trinajstić information content (AvgIpc) is 2.95. The molecule has 0 saturated heterocycles. The van der Waals surface area contributed by atoms with Crippen LogP contribution in [0.5, 0.6) is 0 Å². The molecule has 26 heavy (non-hydrogen) atoms. The van der Waals surface area contributed by atoms with Crippen LogP contribution < -0.4 is 16.0 Å². The van der Waals surface area contributed by atoms with Gasteiger partial charge in [-0.15, -0.1) is 0 Å². The largest absolute Gasteiger partial charge is 0.416 e. The second-order valence-electron chi connectivity index (χ2n) is 5.12. The molecule has 0 spiro atoms. The SMILES string of the molecule is Cc1cc(NC(=O)NCCNc2ccc(C(F)(F)F)cc2[N+](=O)[O-])no1. The summed E-state index contributed by atoms with van der Waals surface area (Å²) in [6.07, 6.45) is -4.68. The monoisotopic (exact) mass is 373 g/mol. The number of halogens is 3. The van der Waals surface area contributed by atoms with Crippen molar-refractivity contribution < 1.29 is 27.4 Å². The Bertz CT molecular complexity index is 806. The summed E-state index contributed by atoms with van der Waals surface area (Å²) in [7, 11) is 0. The maximum absolute atomic E-state index is 12.6. The molecule has 12 heteroatoms. The Morgan fingerprint density at radius 1 is 1.31 bits per heavy atom. The summed E-state index contributed by atoms with van der Waals surface area (Å²) in [6, 6.07) is 3.09. The van der Waals surface area contributed by atoms with E-state index < -0.39 is 28.4 Å². The zero-order valence-corrected chi connectivity index (χ0v) is 13.4. The average molecular weight is 373 g/mol. The number of nitrogens with one attached hydrogen (secondary N) is 3. The van der Waals surface area contributed by atoms with E-state index in [2.05, 4.69) is 21.1 Å². The van der Waals surface area contributed by atoms with Crippen molar-refractivity contribution >= 4 is 23.2 Å². The van der Waals surface area contributed by atoms with Gasteiger partial charge in [-0.1, -0.05) is 5.16 Å². The molecule has 0 fully saturated rings. The summed E-state index contributed by atoms with van der Waals surface area (Å²) >= 11 is 0. The number of nitro groups is 1. The fourth-order valence-corrected chi connectivity index (χ4v) is 1.97. The summed E-state index contributed by atoms with van der Waals surface area (Å²) < 4.78 is 42.7. The van der Waals surface area contributed by atoms with E-state index in [1.54, 1.807) is 6.92 Å². The lowest BCUT2D eigenvalue weighted by molar-refractivity contribution is -0.384. The minimum absolute atomic E-state index is 0.0530. The predicted molar refractivity (Wildman–Crippen MR) is 84.8 cm³/mol. The molecular weight excluding hydrogens is 359 g/mol. The third kappa shape index (κ3) is 5.09. The number of carbonyl (C=O) groups is 1. The Morgan fingerprint density at radius 3 is 2.62 bits per heavy atom. The highest BCUT2D eigenvalue weighted by molar-refractivity contribution is 5.88. The van der Waals surface area contributed by atoms with Gasteiger partial charge in [-0.2, -0.15) is 13.2 Å². The van der Waals surface area contributed by atoms with E-state index in [1.165, 1.54) is 6.07 Å². The Kier molecular flexibility index (Phi) is 5.64. The van der Waals surface area contributed by atoms with E-state index in [4.69, 9.17) is 4.52 Å². The van der Waals surface area contributed by atoms with Gasteiger partial charge in [0, 0.05) is 25.2 Å². The Morgan fingerprint density at radius 2 is 2.04 bits per heavy atom. The van der Waals surface area contributed by atoms with E-state index in [0.717, 1.165) is 12.1 Å². The topological polar surface area (TPSA) is 122 Å². The first-order valence-electron chi connectivity index (χ1n) is 7.24. The van der Waals surface area contributed by atoms with E-state index >= 15 is 0 Å². The number of alkyl halides is 3. The molecule has 0 aliphatic heterocycles. The molecule has 0 radical (unpaired) electrons. The number of amides is 2. The van der Waals surface area contributed by atoms with Crippen LogP contribution in [0.4, 0.5) is 35.2 Å². The van der Waals surface area contributed by atoms with Gasteiger partial charge in [0.1, 0.15) is 11.4 Å². The highest BCUT2D eigenvalue weighted by Gasteiger charge is 2.32. The van der Waals surface area contributed by atoms with Gasteiger partial charge >= 0.3 is 12.2 Å². The summed E-state index contributed by atoms with van der Waals surface area (Å²) in [5.41, 5.74) is -1.91. The first kappa shape index (κ1) is 19.0. The Labute approximate surface area is 144 Å². The summed E-state index contributed by atoms with van der Waals surface area (Å²) in [5.74, 6) is 0.725. The number of nitrogens with zero attached hydrogens (tertiary/aromatic N) is 2. The van der Waals surface area contributed by atoms with Gasteiger partial charge in [-0.25, -0.2) is 4.79 Å². The molecule has 3 N–H and O–H groups in total. The molecule has 2 aromatic rings. The molecular formula is C14H14F3N5O4. The zero-order chi connectivity index (χ0) is 19.3. The molecule has 0 aliphatic carbocycles. The van der Waals surface area contributed by atoms with Gasteiger partial charge in [0.15, 0.2) is 5.82 Å². The van der Waals surface area contributed by atoms with E-state index in [1.807, 2.05) is 0 Å². The maximum Gasteiger partial charge on any atom is 0.416 e. The number of hydrogen-bond donors (Lipinski definition) is 3. The summed E-state index contributed by atoms with van der Waals surface area (Å²) in [4.78, 5) is 21.6. The number of aromatic nitrogens is 1. The summed E-state index contributed by atoms with van der Waals surface area (Å²) in [6.45, 7) is 1.76. The van der Waals surface area contributed by atoms with Crippen LogP contribution in [0.15, 0.2) is 28.8 Å². The van der Waals surface area contributed by atoms with Gasteiger partial charge < -0.3 is 15.2 Å². The minimum atomic E-state index is -4.68. The quantitative estimate of drug-likeness (QED) is 0.406. The van der Waals surface area contributed by atoms with E-state index in [0.29, 0.717) is 11.8 Å². The fraction of sp³-hybridized carbons (Fsp3) is 0.286. The third-order valence-electron chi connectivity index (χ3n) is 3.12. The zero-order valence-electron chi connectivity index (χ0n) is 13.4. The Hall–Kier alpha value is -3.31. The van der Waals surface area contributed by atoms with Crippen molar-refractivity contribution in [1.82, 2.24) is 10.5 Å². The van der Waals surface area contributed by atoms with Crippen molar-refractivity contribution in [2.45, 2.75) is 13.1 Å². The number of anilines is 2. The van der Waals surface area contributed by atoms with Crippen LogP contribution in [0.3, 0.4) is 0 Å². The molecule has 2 amide bonds. The molecule has 1 heterocycles. The number of hydrogen-bond acceptors (Lipinski definition) is 6. The van der Waals surface area contributed by atoms with Gasteiger partial charge in [-0.05, 0) is 19.1 Å². The van der Waals surface area contributed by atoms with Gasteiger partial charge in [0.2, 0.25) is 0 Å². The van der Waals surface area contributed by atoms with Crippen LogP contribution in [-0.4, -0.2) is 29.2 Å². The van der Waals surface area contributed by atoms with Crippen LogP contribution in [0, 0.1) is 17.0 Å². The first-order chi connectivity index (χ1) is 12.2. The van der Waals surface area contributed by atoms with Gasteiger partial charge in [0.05, 0.1) is 10.5 Å². The Balaban J connectivity index is 1.88. The standard InChI is InChI=1S/C14H14F3N5O4/c1-8-6-12(21-26-8)20-13(23)19-5-4-18-10-3-2-9(14(15,16)17)7-11(10)22(24)25/h2-3,6-7,18H,4-5H2,1H3,(H2,19,20,21,23). The van der Waals surface area contributed by atoms with Gasteiger partial charge in [0.25, 0.3) is 5.69 Å². The summed E-state index contributed by atoms with van der Waals surface area (Å²) in [5, 5.41) is 22.0. The normalized spacial score (nSPS) is 11.1. The van der Waals surface area contributed by atoms with E-state index in [9.17, 15) is 28.1 Å². The molecule has 1 aromatic heterocycles. The highest BCUT2D eigenvalue weighted by Crippen LogP contribution is 2.34. The highest BCUT2D eigenvalue weighted by atomic mass is 19.4. The molecule has 1 aromatic carbocycles. The predicted octanol–water partition coefficient (Wildman–Crippen LogP) is 3.14. The molecule has 0 aliphatic rings. The number of aryl methyl sites for hydroxylation is 1. The van der Waals surface area contributed by atoms with Crippen LogP contribution in [0.25, 0.3) is 0 Å². The third-order valence-corrected chi connectivity index (χ3v) is 3.12. The van der Waals surface area contributed by atoms with Crippen LogP contribution in [-0.2, 0) is 6.18 Å². The van der Waals surface area contributed by atoms with Crippen molar-refractivity contribution in [1.29, 1.82) is 0 Å². The van der Waals surface area contributed by atoms with Crippen LogP contribution in [0.2, 0.25) is 0 Å². The minimum Gasteiger partial charge on any atom is -0.378 e. The number of urea groups is 1. The molecule has 140 valence electrons. The second kappa shape index (κ2) is 7.72. The maximum atomic E-state index is 12.6. The van der Waals surface area contributed by atoms with Crippen molar-refractivity contribution in [3.05, 3.63) is 45.7 Å². The first-order valence-corrected chi connectivity index (χ1v) is 7.24. The number of benzene rings is 1. The lowest BCUT2D eigenvalue weighted by Crippen LogP contribution is -2.32. The molecule has 0 saturated carbocycles. The van der Waals surface area contributed by atoms with Gasteiger partial charge in [-0.3, -0.25) is 15.4 Å². The lowest BCUT2D eigenvalue weighted by atomic mass is 10.1. The van der Waals surface area contributed by atoms with Crippen LogP contribution >= 0.6 is 0 Å².